The summed E-state index contributed by atoms with van der Waals surface area (Å²) in [6.07, 6.45) is -0.208. The molecule has 10 heteroatoms. The topological polar surface area (TPSA) is 103 Å². The average molecular weight is 451 g/mol. The number of thiophene rings is 1. The van der Waals surface area contributed by atoms with E-state index in [0.717, 1.165) is 11.3 Å². The minimum Gasteiger partial charge on any atom is -0.465 e. The summed E-state index contributed by atoms with van der Waals surface area (Å²) in [7, 11) is 2.52. The largest absolute Gasteiger partial charge is 0.465 e. The third-order valence-electron chi connectivity index (χ3n) is 3.86. The number of carbonyl (C=O) groups is 3. The van der Waals surface area contributed by atoms with E-state index in [9.17, 15) is 14.4 Å². The maximum absolute atomic E-state index is 12.2. The lowest BCUT2D eigenvalue weighted by Gasteiger charge is -2.12. The van der Waals surface area contributed by atoms with Crippen LogP contribution in [0.5, 0.6) is 0 Å². The Kier molecular flexibility index (Phi) is 7.90. The van der Waals surface area contributed by atoms with Gasteiger partial charge in [0.25, 0.3) is 0 Å². The first kappa shape index (κ1) is 23.3. The Balaban J connectivity index is 2.17. The normalized spacial score (nSPS) is 10.3. The minimum atomic E-state index is -0.600. The van der Waals surface area contributed by atoms with Crippen molar-refractivity contribution < 1.29 is 28.6 Å². The fraction of sp³-hybridized carbons (Fsp3) is 0.300. The molecule has 1 heterocycles. The lowest BCUT2D eigenvalue weighted by atomic mass is 10.1. The molecule has 2 rings (SSSR count). The van der Waals surface area contributed by atoms with Gasteiger partial charge in [0.15, 0.2) is 5.11 Å². The molecule has 2 aromatic rings. The van der Waals surface area contributed by atoms with Crippen LogP contribution >= 0.6 is 23.6 Å². The van der Waals surface area contributed by atoms with Crippen LogP contribution in [0.25, 0.3) is 0 Å². The molecule has 0 amide bonds. The number of rotatable bonds is 6. The zero-order valence-corrected chi connectivity index (χ0v) is 18.8. The van der Waals surface area contributed by atoms with E-state index in [1.165, 1.54) is 14.2 Å². The molecule has 0 fully saturated rings. The van der Waals surface area contributed by atoms with Crippen LogP contribution in [0.4, 0.5) is 10.7 Å². The van der Waals surface area contributed by atoms with Gasteiger partial charge in [-0.05, 0) is 62.8 Å². The van der Waals surface area contributed by atoms with Crippen molar-refractivity contribution >= 4 is 57.3 Å². The van der Waals surface area contributed by atoms with Crippen LogP contribution in [0.15, 0.2) is 24.3 Å². The first-order valence-corrected chi connectivity index (χ1v) is 10.1. The van der Waals surface area contributed by atoms with Crippen molar-refractivity contribution in [2.24, 2.45) is 0 Å². The smallest absolute Gasteiger partial charge is 0.348 e. The van der Waals surface area contributed by atoms with E-state index in [0.29, 0.717) is 21.8 Å². The Hall–Kier alpha value is -2.98. The Morgan fingerprint density at radius 2 is 1.57 bits per heavy atom. The first-order chi connectivity index (χ1) is 14.2. The van der Waals surface area contributed by atoms with Gasteiger partial charge < -0.3 is 24.8 Å². The van der Waals surface area contributed by atoms with Crippen LogP contribution in [-0.2, 0) is 14.2 Å². The Bertz CT molecular complexity index is 966. The number of anilines is 2. The average Bonchev–Trinajstić information content (AvgIpc) is 3.02. The number of esters is 3. The summed E-state index contributed by atoms with van der Waals surface area (Å²) in [4.78, 5) is 36.3. The van der Waals surface area contributed by atoms with Gasteiger partial charge in [-0.1, -0.05) is 0 Å². The van der Waals surface area contributed by atoms with Crippen molar-refractivity contribution in [3.8, 4) is 0 Å². The Morgan fingerprint density at radius 3 is 2.10 bits per heavy atom. The number of carbonyl (C=O) groups excluding carboxylic acids is 3. The fourth-order valence-electron chi connectivity index (χ4n) is 2.47. The first-order valence-electron chi connectivity index (χ1n) is 8.87. The van der Waals surface area contributed by atoms with Gasteiger partial charge in [-0.3, -0.25) is 0 Å². The summed E-state index contributed by atoms with van der Waals surface area (Å²) in [5.74, 6) is -1.57. The number of methoxy groups -OCH3 is 2. The molecule has 160 valence electrons. The maximum Gasteiger partial charge on any atom is 0.348 e. The van der Waals surface area contributed by atoms with Crippen LogP contribution in [0.3, 0.4) is 0 Å². The predicted octanol–water partition coefficient (Wildman–Crippen LogP) is 4.00. The van der Waals surface area contributed by atoms with Gasteiger partial charge in [-0.2, -0.15) is 0 Å². The highest BCUT2D eigenvalue weighted by Gasteiger charge is 2.26. The van der Waals surface area contributed by atoms with Crippen LogP contribution < -0.4 is 10.6 Å². The second kappa shape index (κ2) is 10.2. The zero-order valence-electron chi connectivity index (χ0n) is 17.2. The van der Waals surface area contributed by atoms with Crippen molar-refractivity contribution in [1.29, 1.82) is 0 Å². The number of ether oxygens (including phenoxy) is 3. The summed E-state index contributed by atoms with van der Waals surface area (Å²) < 4.78 is 14.7. The monoisotopic (exact) mass is 450 g/mol. The molecule has 30 heavy (non-hydrogen) atoms. The standard InChI is InChI=1S/C20H22N2O6S2/c1-10(2)28-17(23)12-6-8-13(9-7-12)21-20(29)22-16-14(18(24)26-4)11(3)15(30-16)19(25)27-5/h6-10H,1-5H3,(H2,21,22,29). The highest BCUT2D eigenvalue weighted by Crippen LogP contribution is 2.34. The molecule has 8 nitrogen and oxygen atoms in total. The number of hydrogen-bond donors (Lipinski definition) is 2. The molecular weight excluding hydrogens is 428 g/mol. The molecule has 0 bridgehead atoms. The van der Waals surface area contributed by atoms with Gasteiger partial charge in [0.2, 0.25) is 0 Å². The maximum atomic E-state index is 12.2. The summed E-state index contributed by atoms with van der Waals surface area (Å²) in [6, 6.07) is 6.57. The van der Waals surface area contributed by atoms with E-state index in [1.807, 2.05) is 0 Å². The molecule has 1 aromatic heterocycles. The lowest BCUT2D eigenvalue weighted by molar-refractivity contribution is 0.0377. The Labute approximate surface area is 183 Å². The number of hydrogen-bond acceptors (Lipinski definition) is 8. The Morgan fingerprint density at radius 1 is 0.967 bits per heavy atom. The zero-order chi connectivity index (χ0) is 22.4. The van der Waals surface area contributed by atoms with Crippen LogP contribution in [-0.4, -0.2) is 43.3 Å². The summed E-state index contributed by atoms with van der Waals surface area (Å²) >= 11 is 6.35. The highest BCUT2D eigenvalue weighted by molar-refractivity contribution is 7.80. The summed E-state index contributed by atoms with van der Waals surface area (Å²) in [5.41, 5.74) is 1.68. The van der Waals surface area contributed by atoms with Crippen LogP contribution in [0.1, 0.15) is 49.8 Å². The van der Waals surface area contributed by atoms with E-state index in [1.54, 1.807) is 45.0 Å². The predicted molar refractivity (Wildman–Crippen MR) is 119 cm³/mol. The van der Waals surface area contributed by atoms with E-state index in [-0.39, 0.29) is 21.7 Å². The van der Waals surface area contributed by atoms with Gasteiger partial charge in [0, 0.05) is 5.69 Å². The van der Waals surface area contributed by atoms with Gasteiger partial charge in [-0.15, -0.1) is 11.3 Å². The molecule has 0 unspecified atom stereocenters. The van der Waals surface area contributed by atoms with Crippen LogP contribution in [0.2, 0.25) is 0 Å². The molecule has 0 saturated carbocycles. The molecule has 0 saturated heterocycles. The number of benzene rings is 1. The van der Waals surface area contributed by atoms with Crippen molar-refractivity contribution in [3.05, 3.63) is 45.8 Å². The molecule has 0 radical (unpaired) electrons. The van der Waals surface area contributed by atoms with E-state index in [2.05, 4.69) is 10.6 Å². The van der Waals surface area contributed by atoms with Crippen molar-refractivity contribution in [1.82, 2.24) is 0 Å². The summed E-state index contributed by atoms with van der Waals surface area (Å²) in [5, 5.41) is 6.42. The van der Waals surface area contributed by atoms with Gasteiger partial charge in [-0.25, -0.2) is 14.4 Å². The third-order valence-corrected chi connectivity index (χ3v) is 5.25. The van der Waals surface area contributed by atoms with Crippen LogP contribution in [0, 0.1) is 6.92 Å². The number of thiocarbonyl (C=S) groups is 1. The molecule has 0 aliphatic heterocycles. The number of nitrogens with one attached hydrogen (secondary N) is 2. The molecule has 1 aromatic carbocycles. The molecule has 2 N–H and O–H groups in total. The summed E-state index contributed by atoms with van der Waals surface area (Å²) in [6.45, 7) is 5.18. The molecule has 0 aliphatic carbocycles. The third kappa shape index (κ3) is 5.55. The lowest BCUT2D eigenvalue weighted by Crippen LogP contribution is -2.20. The molecule has 0 atom stereocenters. The molecule has 0 spiro atoms. The highest BCUT2D eigenvalue weighted by atomic mass is 32.1. The van der Waals surface area contributed by atoms with Crippen molar-refractivity contribution in [2.75, 3.05) is 24.9 Å². The molecule has 0 aliphatic rings. The van der Waals surface area contributed by atoms with Gasteiger partial charge in [0.05, 0.1) is 31.5 Å². The quantitative estimate of drug-likeness (QED) is 0.384. The van der Waals surface area contributed by atoms with Crippen molar-refractivity contribution in [2.45, 2.75) is 26.9 Å². The minimum absolute atomic E-state index is 0.190. The van der Waals surface area contributed by atoms with E-state index < -0.39 is 17.9 Å². The SMILES string of the molecule is COC(=O)c1sc(NC(=S)Nc2ccc(C(=O)OC(C)C)cc2)c(C(=O)OC)c1C. The fourth-order valence-corrected chi connectivity index (χ4v) is 3.88. The van der Waals surface area contributed by atoms with E-state index >= 15 is 0 Å². The second-order valence-corrected chi connectivity index (χ2v) is 7.78. The second-order valence-electron chi connectivity index (χ2n) is 6.35. The van der Waals surface area contributed by atoms with Crippen molar-refractivity contribution in [3.63, 3.8) is 0 Å². The van der Waals surface area contributed by atoms with E-state index in [4.69, 9.17) is 26.4 Å². The van der Waals surface area contributed by atoms with Gasteiger partial charge >= 0.3 is 17.9 Å². The molecular formula is C20H22N2O6S2. The van der Waals surface area contributed by atoms with Gasteiger partial charge in [0.1, 0.15) is 9.88 Å².